The third-order valence-electron chi connectivity index (χ3n) is 2.89. The molecule has 0 atom stereocenters. The van der Waals surface area contributed by atoms with E-state index in [2.05, 4.69) is 15.3 Å². The van der Waals surface area contributed by atoms with Gasteiger partial charge in [0, 0.05) is 30.2 Å². The molecule has 0 saturated heterocycles. The summed E-state index contributed by atoms with van der Waals surface area (Å²) in [6.45, 7) is 0. The normalized spacial score (nSPS) is 10.9. The Morgan fingerprint density at radius 2 is 2.10 bits per heavy atom. The molecular weight excluding hydrogens is 292 g/mol. The summed E-state index contributed by atoms with van der Waals surface area (Å²) in [7, 11) is 1.86. The number of anilines is 1. The molecule has 6 heteroatoms. The van der Waals surface area contributed by atoms with E-state index in [1.165, 1.54) is 5.56 Å². The van der Waals surface area contributed by atoms with Crippen LogP contribution in [0.5, 0.6) is 0 Å². The van der Waals surface area contributed by atoms with Crippen molar-refractivity contribution in [1.29, 1.82) is 0 Å². The van der Waals surface area contributed by atoms with Gasteiger partial charge in [-0.3, -0.25) is 0 Å². The lowest BCUT2D eigenvalue weighted by molar-refractivity contribution is 1.03. The van der Waals surface area contributed by atoms with E-state index in [9.17, 15) is 0 Å². The lowest BCUT2D eigenvalue weighted by atomic mass is 10.2. The molecule has 4 nitrogen and oxygen atoms in total. The largest absolute Gasteiger partial charge is 0.372 e. The van der Waals surface area contributed by atoms with E-state index in [1.54, 1.807) is 18.0 Å². The number of imidazole rings is 1. The lowest BCUT2D eigenvalue weighted by Crippen LogP contribution is -1.98. The molecule has 0 aliphatic carbocycles. The summed E-state index contributed by atoms with van der Waals surface area (Å²) in [5.74, 6) is 1.66. The summed E-state index contributed by atoms with van der Waals surface area (Å²) in [6, 6.07) is 7.86. The van der Waals surface area contributed by atoms with Gasteiger partial charge in [0.15, 0.2) is 5.65 Å². The van der Waals surface area contributed by atoms with Crippen LogP contribution in [0.15, 0.2) is 47.9 Å². The molecule has 0 radical (unpaired) electrons. The van der Waals surface area contributed by atoms with Gasteiger partial charge in [0.25, 0.3) is 0 Å². The Kier molecular flexibility index (Phi) is 3.80. The van der Waals surface area contributed by atoms with Crippen LogP contribution in [0.3, 0.4) is 0 Å². The Morgan fingerprint density at radius 3 is 2.85 bits per heavy atom. The van der Waals surface area contributed by atoms with Gasteiger partial charge in [0.2, 0.25) is 0 Å². The SMILES string of the molecule is CNc1cn2ccnc2c(SCc2ccc(Cl)cc2)n1. The van der Waals surface area contributed by atoms with Crippen LogP contribution in [0.1, 0.15) is 5.56 Å². The molecule has 0 aliphatic heterocycles. The van der Waals surface area contributed by atoms with Gasteiger partial charge in [-0.05, 0) is 17.7 Å². The van der Waals surface area contributed by atoms with Gasteiger partial charge in [-0.25, -0.2) is 9.97 Å². The molecule has 0 fully saturated rings. The standard InChI is InChI=1S/C14H13ClN4S/c1-16-12-8-19-7-6-17-13(19)14(18-12)20-9-10-2-4-11(15)5-3-10/h2-8,16H,9H2,1H3. The number of fused-ring (bicyclic) bond motifs is 1. The highest BCUT2D eigenvalue weighted by Crippen LogP contribution is 2.26. The van der Waals surface area contributed by atoms with Gasteiger partial charge in [0.05, 0.1) is 6.20 Å². The molecule has 3 aromatic rings. The van der Waals surface area contributed by atoms with E-state index in [0.29, 0.717) is 0 Å². The van der Waals surface area contributed by atoms with Crippen molar-refractivity contribution in [2.24, 2.45) is 0 Å². The molecule has 0 saturated carbocycles. The minimum Gasteiger partial charge on any atom is -0.372 e. The van der Waals surface area contributed by atoms with E-state index in [1.807, 2.05) is 48.1 Å². The average Bonchev–Trinajstić information content (AvgIpc) is 2.94. The molecule has 20 heavy (non-hydrogen) atoms. The van der Waals surface area contributed by atoms with Crippen LogP contribution in [0, 0.1) is 0 Å². The van der Waals surface area contributed by atoms with Crippen LogP contribution in [0.2, 0.25) is 5.02 Å². The number of rotatable bonds is 4. The number of aromatic nitrogens is 3. The maximum absolute atomic E-state index is 5.89. The van der Waals surface area contributed by atoms with Crippen LogP contribution >= 0.6 is 23.4 Å². The minimum absolute atomic E-state index is 0.754. The predicted octanol–water partition coefficient (Wildman–Crippen LogP) is 3.72. The molecule has 1 aromatic carbocycles. The van der Waals surface area contributed by atoms with Crippen molar-refractivity contribution in [3.8, 4) is 0 Å². The predicted molar refractivity (Wildman–Crippen MR) is 83.5 cm³/mol. The van der Waals surface area contributed by atoms with Gasteiger partial charge in [-0.1, -0.05) is 35.5 Å². The van der Waals surface area contributed by atoms with Crippen molar-refractivity contribution >= 4 is 34.8 Å². The molecule has 1 N–H and O–H groups in total. The number of hydrogen-bond donors (Lipinski definition) is 1. The first-order valence-electron chi connectivity index (χ1n) is 6.15. The molecule has 0 aliphatic rings. The number of halogens is 1. The lowest BCUT2D eigenvalue weighted by Gasteiger charge is -2.06. The summed E-state index contributed by atoms with van der Waals surface area (Å²) in [5, 5.41) is 4.73. The molecule has 0 spiro atoms. The first-order valence-corrected chi connectivity index (χ1v) is 7.51. The Hall–Kier alpha value is -1.72. The van der Waals surface area contributed by atoms with E-state index >= 15 is 0 Å². The Bertz CT molecular complexity index is 724. The van der Waals surface area contributed by atoms with Gasteiger partial charge >= 0.3 is 0 Å². The van der Waals surface area contributed by atoms with E-state index in [4.69, 9.17) is 11.6 Å². The molecule has 102 valence electrons. The van der Waals surface area contributed by atoms with E-state index < -0.39 is 0 Å². The maximum Gasteiger partial charge on any atom is 0.169 e. The fourth-order valence-corrected chi connectivity index (χ4v) is 2.92. The molecule has 2 aromatic heterocycles. The molecule has 0 bridgehead atoms. The summed E-state index contributed by atoms with van der Waals surface area (Å²) in [4.78, 5) is 8.92. The third kappa shape index (κ3) is 2.73. The number of thioether (sulfide) groups is 1. The van der Waals surface area contributed by atoms with Crippen LogP contribution in [0.4, 0.5) is 5.82 Å². The topological polar surface area (TPSA) is 42.2 Å². The van der Waals surface area contributed by atoms with Crippen molar-refractivity contribution < 1.29 is 0 Å². The summed E-state index contributed by atoms with van der Waals surface area (Å²) in [6.07, 6.45) is 5.63. The fourth-order valence-electron chi connectivity index (χ4n) is 1.85. The monoisotopic (exact) mass is 304 g/mol. The average molecular weight is 305 g/mol. The zero-order chi connectivity index (χ0) is 13.9. The van der Waals surface area contributed by atoms with Crippen LogP contribution in [-0.2, 0) is 5.75 Å². The van der Waals surface area contributed by atoms with Crippen molar-refractivity contribution in [2.45, 2.75) is 10.8 Å². The fraction of sp³-hybridized carbons (Fsp3) is 0.143. The highest BCUT2D eigenvalue weighted by Gasteiger charge is 2.08. The zero-order valence-electron chi connectivity index (χ0n) is 10.9. The number of nitrogens with one attached hydrogen (secondary N) is 1. The summed E-state index contributed by atoms with van der Waals surface area (Å²) < 4.78 is 1.98. The second-order valence-corrected chi connectivity index (χ2v) is 5.66. The van der Waals surface area contributed by atoms with Gasteiger partial charge < -0.3 is 9.72 Å². The zero-order valence-corrected chi connectivity index (χ0v) is 12.4. The quantitative estimate of drug-likeness (QED) is 0.746. The molecular formula is C14H13ClN4S. The van der Waals surface area contributed by atoms with Crippen molar-refractivity contribution in [1.82, 2.24) is 14.4 Å². The maximum atomic E-state index is 5.89. The van der Waals surface area contributed by atoms with E-state index in [0.717, 1.165) is 27.3 Å². The summed E-state index contributed by atoms with van der Waals surface area (Å²) in [5.41, 5.74) is 2.09. The molecule has 0 amide bonds. The third-order valence-corrected chi connectivity index (χ3v) is 4.17. The second kappa shape index (κ2) is 5.73. The number of benzene rings is 1. The molecule has 3 rings (SSSR count). The highest BCUT2D eigenvalue weighted by molar-refractivity contribution is 7.98. The van der Waals surface area contributed by atoms with Crippen molar-refractivity contribution in [3.05, 3.63) is 53.4 Å². The van der Waals surface area contributed by atoms with Crippen LogP contribution in [-0.4, -0.2) is 21.4 Å². The van der Waals surface area contributed by atoms with Crippen LogP contribution < -0.4 is 5.32 Å². The van der Waals surface area contributed by atoms with Crippen LogP contribution in [0.25, 0.3) is 5.65 Å². The number of nitrogens with zero attached hydrogens (tertiary/aromatic N) is 3. The Morgan fingerprint density at radius 1 is 1.30 bits per heavy atom. The Balaban J connectivity index is 1.86. The van der Waals surface area contributed by atoms with Crippen molar-refractivity contribution in [3.63, 3.8) is 0 Å². The first kappa shape index (κ1) is 13.3. The first-order chi connectivity index (χ1) is 9.76. The van der Waals surface area contributed by atoms with Crippen molar-refractivity contribution in [2.75, 3.05) is 12.4 Å². The second-order valence-electron chi connectivity index (χ2n) is 4.25. The molecule has 2 heterocycles. The van der Waals surface area contributed by atoms with Gasteiger partial charge in [-0.2, -0.15) is 0 Å². The Labute approximate surface area is 126 Å². The van der Waals surface area contributed by atoms with Gasteiger partial charge in [0.1, 0.15) is 10.8 Å². The smallest absolute Gasteiger partial charge is 0.169 e. The highest BCUT2D eigenvalue weighted by atomic mass is 35.5. The minimum atomic E-state index is 0.754. The molecule has 0 unspecified atom stereocenters. The number of hydrogen-bond acceptors (Lipinski definition) is 4. The van der Waals surface area contributed by atoms with E-state index in [-0.39, 0.29) is 0 Å². The summed E-state index contributed by atoms with van der Waals surface area (Å²) >= 11 is 7.56. The van der Waals surface area contributed by atoms with Gasteiger partial charge in [-0.15, -0.1) is 0 Å².